The summed E-state index contributed by atoms with van der Waals surface area (Å²) in [6.07, 6.45) is 14.1. The summed E-state index contributed by atoms with van der Waals surface area (Å²) in [6, 6.07) is 0.272. The second-order valence-electron chi connectivity index (χ2n) is 5.09. The normalized spacial score (nSPS) is 20.6. The van der Waals surface area contributed by atoms with Gasteiger partial charge in [0.1, 0.15) is 5.82 Å². The highest BCUT2D eigenvalue weighted by Crippen LogP contribution is 2.26. The molecule has 1 aromatic heterocycles. The average Bonchev–Trinajstić information content (AvgIpc) is 2.62. The van der Waals surface area contributed by atoms with Crippen molar-refractivity contribution in [2.24, 2.45) is 11.7 Å². The van der Waals surface area contributed by atoms with E-state index in [9.17, 15) is 0 Å². The van der Waals surface area contributed by atoms with Crippen LogP contribution in [0.3, 0.4) is 0 Å². The van der Waals surface area contributed by atoms with Gasteiger partial charge in [-0.3, -0.25) is 0 Å². The van der Waals surface area contributed by atoms with Gasteiger partial charge in [-0.1, -0.05) is 38.5 Å². The van der Waals surface area contributed by atoms with Crippen LogP contribution >= 0.6 is 0 Å². The second kappa shape index (κ2) is 6.04. The maximum absolute atomic E-state index is 6.19. The molecule has 2 rings (SSSR count). The fourth-order valence-electron chi connectivity index (χ4n) is 2.77. The maximum atomic E-state index is 6.19. The van der Waals surface area contributed by atoms with E-state index in [0.717, 1.165) is 18.2 Å². The van der Waals surface area contributed by atoms with E-state index in [-0.39, 0.29) is 6.04 Å². The first-order valence-corrected chi connectivity index (χ1v) is 6.58. The Bertz CT molecular complexity index is 273. The quantitative estimate of drug-likeness (QED) is 0.768. The molecular weight excluding hydrogens is 198 g/mol. The molecule has 0 amide bonds. The number of aromatic nitrogens is 2. The molecule has 1 atom stereocenters. The lowest BCUT2D eigenvalue weighted by Crippen LogP contribution is -2.26. The Morgan fingerprint density at radius 3 is 2.69 bits per heavy atom. The van der Waals surface area contributed by atoms with Crippen LogP contribution < -0.4 is 5.73 Å². The molecule has 1 saturated carbocycles. The minimum absolute atomic E-state index is 0.272. The van der Waals surface area contributed by atoms with Crippen molar-refractivity contribution in [2.75, 3.05) is 0 Å². The van der Waals surface area contributed by atoms with Crippen LogP contribution in [0.15, 0.2) is 12.4 Å². The number of imidazole rings is 1. The van der Waals surface area contributed by atoms with Crippen LogP contribution in [0, 0.1) is 5.92 Å². The lowest BCUT2D eigenvalue weighted by atomic mass is 9.92. The minimum atomic E-state index is 0.272. The smallest absolute Gasteiger partial charge is 0.107 e. The van der Waals surface area contributed by atoms with E-state index in [1.165, 1.54) is 44.9 Å². The van der Waals surface area contributed by atoms with Gasteiger partial charge in [0.15, 0.2) is 0 Å². The van der Waals surface area contributed by atoms with Gasteiger partial charge in [-0.05, 0) is 12.3 Å². The summed E-state index contributed by atoms with van der Waals surface area (Å²) in [6.45, 7) is 0. The van der Waals surface area contributed by atoms with Crippen molar-refractivity contribution in [1.82, 2.24) is 9.97 Å². The zero-order valence-corrected chi connectivity index (χ0v) is 9.99. The van der Waals surface area contributed by atoms with Gasteiger partial charge in [-0.25, -0.2) is 4.98 Å². The molecule has 1 aliphatic carbocycles. The Labute approximate surface area is 97.8 Å². The Morgan fingerprint density at radius 1 is 1.31 bits per heavy atom. The van der Waals surface area contributed by atoms with E-state index in [0.29, 0.717) is 0 Å². The molecule has 0 spiro atoms. The largest absolute Gasteiger partial charge is 0.349 e. The third-order valence-electron chi connectivity index (χ3n) is 3.62. The molecule has 3 nitrogen and oxygen atoms in total. The predicted molar refractivity (Wildman–Crippen MR) is 66.1 cm³/mol. The number of aromatic amines is 1. The minimum Gasteiger partial charge on any atom is -0.349 e. The maximum Gasteiger partial charge on any atom is 0.107 e. The molecule has 0 aromatic carbocycles. The first-order valence-electron chi connectivity index (χ1n) is 6.58. The summed E-state index contributed by atoms with van der Waals surface area (Å²) >= 11 is 0. The van der Waals surface area contributed by atoms with Gasteiger partial charge < -0.3 is 10.7 Å². The van der Waals surface area contributed by atoms with Crippen LogP contribution in [-0.4, -0.2) is 16.0 Å². The number of nitrogens with zero attached hydrogens (tertiary/aromatic N) is 1. The highest BCUT2D eigenvalue weighted by molar-refractivity contribution is 4.90. The molecule has 1 heterocycles. The number of hydrogen-bond acceptors (Lipinski definition) is 2. The number of nitrogens with one attached hydrogen (secondary N) is 1. The van der Waals surface area contributed by atoms with E-state index in [4.69, 9.17) is 5.73 Å². The van der Waals surface area contributed by atoms with Crippen molar-refractivity contribution < 1.29 is 0 Å². The molecule has 1 aliphatic rings. The Morgan fingerprint density at radius 2 is 2.06 bits per heavy atom. The number of hydrogen-bond donors (Lipinski definition) is 2. The van der Waals surface area contributed by atoms with E-state index in [2.05, 4.69) is 9.97 Å². The molecule has 0 bridgehead atoms. The molecule has 16 heavy (non-hydrogen) atoms. The summed E-state index contributed by atoms with van der Waals surface area (Å²) < 4.78 is 0. The van der Waals surface area contributed by atoms with Crippen LogP contribution in [0.2, 0.25) is 0 Å². The van der Waals surface area contributed by atoms with E-state index < -0.39 is 0 Å². The lowest BCUT2D eigenvalue weighted by Gasteiger charge is -2.18. The average molecular weight is 221 g/mol. The predicted octanol–water partition coefficient (Wildman–Crippen LogP) is 2.64. The van der Waals surface area contributed by atoms with Gasteiger partial charge in [0.05, 0.1) is 0 Å². The van der Waals surface area contributed by atoms with Crippen molar-refractivity contribution in [2.45, 2.75) is 57.4 Å². The molecule has 3 heteroatoms. The van der Waals surface area contributed by atoms with Crippen molar-refractivity contribution >= 4 is 0 Å². The molecule has 0 radical (unpaired) electrons. The number of rotatable bonds is 4. The van der Waals surface area contributed by atoms with Crippen LogP contribution in [0.4, 0.5) is 0 Å². The highest BCUT2D eigenvalue weighted by atomic mass is 14.9. The summed E-state index contributed by atoms with van der Waals surface area (Å²) in [7, 11) is 0. The molecule has 3 N–H and O–H groups in total. The zero-order valence-electron chi connectivity index (χ0n) is 9.99. The van der Waals surface area contributed by atoms with Gasteiger partial charge in [0.25, 0.3) is 0 Å². The standard InChI is InChI=1S/C13H23N3/c14-12(10-13-15-7-8-16-13)9-11-5-3-1-2-4-6-11/h7-8,11-12H,1-6,9-10,14H2,(H,15,16). The van der Waals surface area contributed by atoms with E-state index in [1.54, 1.807) is 6.20 Å². The van der Waals surface area contributed by atoms with Crippen LogP contribution in [0.25, 0.3) is 0 Å². The lowest BCUT2D eigenvalue weighted by molar-refractivity contribution is 0.385. The van der Waals surface area contributed by atoms with E-state index in [1.807, 2.05) is 6.20 Å². The first-order chi connectivity index (χ1) is 7.84. The fraction of sp³-hybridized carbons (Fsp3) is 0.769. The van der Waals surface area contributed by atoms with Crippen LogP contribution in [0.5, 0.6) is 0 Å². The van der Waals surface area contributed by atoms with Gasteiger partial charge in [-0.2, -0.15) is 0 Å². The molecule has 0 aliphatic heterocycles. The Hall–Kier alpha value is -0.830. The van der Waals surface area contributed by atoms with Crippen LogP contribution in [0.1, 0.15) is 50.8 Å². The van der Waals surface area contributed by atoms with Crippen molar-refractivity contribution in [1.29, 1.82) is 0 Å². The number of H-pyrrole nitrogens is 1. The molecule has 90 valence electrons. The van der Waals surface area contributed by atoms with Gasteiger partial charge in [-0.15, -0.1) is 0 Å². The Balaban J connectivity index is 1.75. The number of nitrogens with two attached hydrogens (primary N) is 1. The summed E-state index contributed by atoms with van der Waals surface area (Å²) in [5.41, 5.74) is 6.19. The van der Waals surface area contributed by atoms with Crippen molar-refractivity contribution in [3.8, 4) is 0 Å². The first kappa shape index (κ1) is 11.6. The molecule has 1 fully saturated rings. The highest BCUT2D eigenvalue weighted by Gasteiger charge is 2.16. The van der Waals surface area contributed by atoms with Gasteiger partial charge in [0.2, 0.25) is 0 Å². The monoisotopic (exact) mass is 221 g/mol. The van der Waals surface area contributed by atoms with Crippen LogP contribution in [-0.2, 0) is 6.42 Å². The third-order valence-corrected chi connectivity index (χ3v) is 3.62. The SMILES string of the molecule is NC(Cc1ncc[nH]1)CC1CCCCCC1. The second-order valence-corrected chi connectivity index (χ2v) is 5.09. The Kier molecular flexibility index (Phi) is 4.40. The van der Waals surface area contributed by atoms with Gasteiger partial charge >= 0.3 is 0 Å². The molecule has 1 unspecified atom stereocenters. The van der Waals surface area contributed by atoms with E-state index >= 15 is 0 Å². The molecule has 1 aromatic rings. The summed E-state index contributed by atoms with van der Waals surface area (Å²) in [5, 5.41) is 0. The zero-order chi connectivity index (χ0) is 11.2. The summed E-state index contributed by atoms with van der Waals surface area (Å²) in [5.74, 6) is 1.88. The fourth-order valence-corrected chi connectivity index (χ4v) is 2.77. The summed E-state index contributed by atoms with van der Waals surface area (Å²) in [4.78, 5) is 7.36. The third kappa shape index (κ3) is 3.63. The van der Waals surface area contributed by atoms with Crippen molar-refractivity contribution in [3.63, 3.8) is 0 Å². The van der Waals surface area contributed by atoms with Gasteiger partial charge in [0, 0.05) is 24.9 Å². The molecule has 0 saturated heterocycles. The molecular formula is C13H23N3. The topological polar surface area (TPSA) is 54.7 Å². The van der Waals surface area contributed by atoms with Crippen molar-refractivity contribution in [3.05, 3.63) is 18.2 Å².